The highest BCUT2D eigenvalue weighted by Gasteiger charge is 2.34. The number of benzene rings is 1. The van der Waals surface area contributed by atoms with E-state index in [9.17, 15) is 18.0 Å². The predicted molar refractivity (Wildman–Crippen MR) is 100 cm³/mol. The first-order valence-electron chi connectivity index (χ1n) is 8.92. The van der Waals surface area contributed by atoms with Crippen molar-refractivity contribution in [1.29, 1.82) is 0 Å². The predicted octanol–water partition coefficient (Wildman–Crippen LogP) is 3.78. The minimum Gasteiger partial charge on any atom is -0.356 e. The molecular weight excluding hydrogens is 393 g/mol. The number of rotatable bonds is 4. The van der Waals surface area contributed by atoms with Crippen molar-refractivity contribution in [3.63, 3.8) is 0 Å². The van der Waals surface area contributed by atoms with Crippen LogP contribution in [0.25, 0.3) is 0 Å². The summed E-state index contributed by atoms with van der Waals surface area (Å²) in [6.45, 7) is 2.47. The summed E-state index contributed by atoms with van der Waals surface area (Å²) in [5, 5.41) is 3.61. The Balaban J connectivity index is 1.55. The second-order valence-electron chi connectivity index (χ2n) is 6.79. The summed E-state index contributed by atoms with van der Waals surface area (Å²) in [7, 11) is 0. The number of carbonyl (C=O) groups is 1. The molecule has 1 aliphatic rings. The highest BCUT2D eigenvalue weighted by Crippen LogP contribution is 2.30. The van der Waals surface area contributed by atoms with Crippen LogP contribution < -0.4 is 10.2 Å². The first-order valence-corrected chi connectivity index (χ1v) is 9.30. The van der Waals surface area contributed by atoms with Gasteiger partial charge in [-0.05, 0) is 37.5 Å². The molecule has 9 heteroatoms. The van der Waals surface area contributed by atoms with Gasteiger partial charge in [0.15, 0.2) is 0 Å². The van der Waals surface area contributed by atoms with Crippen LogP contribution in [0.1, 0.15) is 29.9 Å². The van der Waals surface area contributed by atoms with E-state index in [4.69, 9.17) is 11.6 Å². The third kappa shape index (κ3) is 5.34. The molecule has 1 saturated heterocycles. The van der Waals surface area contributed by atoms with Gasteiger partial charge in [-0.25, -0.2) is 9.97 Å². The molecule has 0 unspecified atom stereocenters. The lowest BCUT2D eigenvalue weighted by atomic mass is 10.0. The highest BCUT2D eigenvalue weighted by atomic mass is 35.5. The van der Waals surface area contributed by atoms with Gasteiger partial charge in [-0.2, -0.15) is 13.2 Å². The molecule has 0 bridgehead atoms. The Hall–Kier alpha value is -2.35. The number of carbonyl (C=O) groups excluding carboxylic acids is 1. The average molecular weight is 413 g/mol. The van der Waals surface area contributed by atoms with Crippen LogP contribution in [0.2, 0.25) is 5.02 Å². The number of hydrogen-bond acceptors (Lipinski definition) is 4. The maximum Gasteiger partial charge on any atom is 0.433 e. The molecule has 5 nitrogen and oxygen atoms in total. The van der Waals surface area contributed by atoms with Gasteiger partial charge in [-0.3, -0.25) is 4.79 Å². The van der Waals surface area contributed by atoms with Crippen molar-refractivity contribution in [1.82, 2.24) is 15.3 Å². The molecule has 150 valence electrons. The molecule has 3 rings (SSSR count). The van der Waals surface area contributed by atoms with E-state index in [0.717, 1.165) is 11.6 Å². The molecule has 28 heavy (non-hydrogen) atoms. The van der Waals surface area contributed by atoms with Crippen molar-refractivity contribution in [3.05, 3.63) is 52.4 Å². The fraction of sp³-hybridized carbons (Fsp3) is 0.421. The van der Waals surface area contributed by atoms with Gasteiger partial charge in [0.1, 0.15) is 17.3 Å². The lowest BCUT2D eigenvalue weighted by Gasteiger charge is -2.33. The van der Waals surface area contributed by atoms with Gasteiger partial charge < -0.3 is 10.2 Å². The first-order chi connectivity index (χ1) is 13.2. The van der Waals surface area contributed by atoms with Gasteiger partial charge >= 0.3 is 6.18 Å². The second-order valence-corrected chi connectivity index (χ2v) is 7.22. The number of amides is 1. The SMILES string of the molecule is Cc1nc(N2CCC(NC(=O)Cc3ccc(Cl)cc3)CC2)cc(C(F)(F)F)n1. The number of aryl methyl sites for hydroxylation is 1. The molecule has 0 saturated carbocycles. The smallest absolute Gasteiger partial charge is 0.356 e. The molecule has 0 spiro atoms. The summed E-state index contributed by atoms with van der Waals surface area (Å²) in [4.78, 5) is 21.6. The van der Waals surface area contributed by atoms with Crippen molar-refractivity contribution in [2.75, 3.05) is 18.0 Å². The van der Waals surface area contributed by atoms with Gasteiger partial charge in [-0.1, -0.05) is 23.7 Å². The number of aromatic nitrogens is 2. The van der Waals surface area contributed by atoms with Crippen LogP contribution in [0.4, 0.5) is 19.0 Å². The normalized spacial score (nSPS) is 15.5. The van der Waals surface area contributed by atoms with Crippen LogP contribution in [-0.4, -0.2) is 35.0 Å². The molecule has 2 aromatic rings. The largest absolute Gasteiger partial charge is 0.433 e. The van der Waals surface area contributed by atoms with E-state index in [2.05, 4.69) is 15.3 Å². The lowest BCUT2D eigenvalue weighted by molar-refractivity contribution is -0.141. The molecule has 0 radical (unpaired) electrons. The molecule has 0 aliphatic carbocycles. The molecule has 1 fully saturated rings. The van der Waals surface area contributed by atoms with Gasteiger partial charge in [0.25, 0.3) is 0 Å². The van der Waals surface area contributed by atoms with Crippen molar-refractivity contribution in [3.8, 4) is 0 Å². The van der Waals surface area contributed by atoms with E-state index in [0.29, 0.717) is 31.0 Å². The number of hydrogen-bond donors (Lipinski definition) is 1. The zero-order valence-corrected chi connectivity index (χ0v) is 16.0. The maximum absolute atomic E-state index is 13.0. The number of anilines is 1. The minimum absolute atomic E-state index is 0.0129. The molecular formula is C19H20ClF3N4O. The summed E-state index contributed by atoms with van der Waals surface area (Å²) in [6.07, 6.45) is -2.97. The van der Waals surface area contributed by atoms with Gasteiger partial charge in [0, 0.05) is 30.2 Å². The van der Waals surface area contributed by atoms with Gasteiger partial charge in [-0.15, -0.1) is 0 Å². The van der Waals surface area contributed by atoms with Gasteiger partial charge in [0.05, 0.1) is 6.42 Å². The molecule has 2 heterocycles. The van der Waals surface area contributed by atoms with E-state index in [1.807, 2.05) is 0 Å². The van der Waals surface area contributed by atoms with Crippen molar-refractivity contribution in [2.45, 2.75) is 38.4 Å². The van der Waals surface area contributed by atoms with Crippen molar-refractivity contribution in [2.24, 2.45) is 0 Å². The average Bonchev–Trinajstić information content (AvgIpc) is 2.63. The Morgan fingerprint density at radius 1 is 1.21 bits per heavy atom. The topological polar surface area (TPSA) is 58.1 Å². The van der Waals surface area contributed by atoms with Crippen LogP contribution >= 0.6 is 11.6 Å². The molecule has 1 amide bonds. The monoisotopic (exact) mass is 412 g/mol. The summed E-state index contributed by atoms with van der Waals surface area (Å²) in [5.74, 6) is 0.270. The quantitative estimate of drug-likeness (QED) is 0.830. The highest BCUT2D eigenvalue weighted by molar-refractivity contribution is 6.30. The van der Waals surface area contributed by atoms with Crippen molar-refractivity contribution < 1.29 is 18.0 Å². The number of halogens is 4. The van der Waals surface area contributed by atoms with Gasteiger partial charge in [0.2, 0.25) is 5.91 Å². The van der Waals surface area contributed by atoms with E-state index in [1.54, 1.807) is 29.2 Å². The second kappa shape index (κ2) is 8.34. The van der Waals surface area contributed by atoms with Crippen LogP contribution in [-0.2, 0) is 17.4 Å². The Bertz CT molecular complexity index is 834. The summed E-state index contributed by atoms with van der Waals surface area (Å²) in [6, 6.07) is 8.05. The van der Waals surface area contributed by atoms with Crippen LogP contribution in [0.15, 0.2) is 30.3 Å². The van der Waals surface area contributed by atoms with Crippen LogP contribution in [0.3, 0.4) is 0 Å². The van der Waals surface area contributed by atoms with E-state index < -0.39 is 11.9 Å². The summed E-state index contributed by atoms with van der Waals surface area (Å²) >= 11 is 5.84. The Morgan fingerprint density at radius 3 is 2.46 bits per heavy atom. The number of nitrogens with zero attached hydrogens (tertiary/aromatic N) is 3. The van der Waals surface area contributed by atoms with E-state index in [1.165, 1.54) is 6.92 Å². The number of nitrogens with one attached hydrogen (secondary N) is 1. The third-order valence-corrected chi connectivity index (χ3v) is 4.83. The summed E-state index contributed by atoms with van der Waals surface area (Å²) < 4.78 is 38.9. The Labute approximate surface area is 165 Å². The number of piperidine rings is 1. The molecule has 1 aromatic carbocycles. The maximum atomic E-state index is 13.0. The first kappa shape index (κ1) is 20.4. The van der Waals surface area contributed by atoms with E-state index in [-0.39, 0.29) is 30.0 Å². The fourth-order valence-electron chi connectivity index (χ4n) is 3.18. The van der Waals surface area contributed by atoms with Crippen molar-refractivity contribution >= 4 is 23.3 Å². The zero-order valence-electron chi connectivity index (χ0n) is 15.3. The van der Waals surface area contributed by atoms with Crippen LogP contribution in [0, 0.1) is 6.92 Å². The minimum atomic E-state index is -4.50. The lowest BCUT2D eigenvalue weighted by Crippen LogP contribution is -2.45. The number of alkyl halides is 3. The Kier molecular flexibility index (Phi) is 6.07. The summed E-state index contributed by atoms with van der Waals surface area (Å²) in [5.41, 5.74) is -0.0659. The third-order valence-electron chi connectivity index (χ3n) is 4.58. The van der Waals surface area contributed by atoms with E-state index >= 15 is 0 Å². The zero-order chi connectivity index (χ0) is 20.3. The molecule has 1 N–H and O–H groups in total. The molecule has 0 atom stereocenters. The van der Waals surface area contributed by atoms with Crippen LogP contribution in [0.5, 0.6) is 0 Å². The molecule has 1 aliphatic heterocycles. The Morgan fingerprint density at radius 2 is 1.86 bits per heavy atom. The fourth-order valence-corrected chi connectivity index (χ4v) is 3.30. The standard InChI is InChI=1S/C19H20ClF3N4O/c1-12-24-16(19(21,22)23)11-17(25-12)27-8-6-15(7-9-27)26-18(28)10-13-2-4-14(20)5-3-13/h2-5,11,15H,6-10H2,1H3,(H,26,28). The molecule has 1 aromatic heterocycles.